The Morgan fingerprint density at radius 1 is 1.18 bits per heavy atom. The smallest absolute Gasteiger partial charge is 0.240 e. The third kappa shape index (κ3) is 3.76. The summed E-state index contributed by atoms with van der Waals surface area (Å²) in [4.78, 5) is 0.329. The van der Waals surface area contributed by atoms with Crippen LogP contribution in [0.15, 0.2) is 33.9 Å². The van der Waals surface area contributed by atoms with Crippen molar-refractivity contribution in [1.29, 1.82) is 0 Å². The Morgan fingerprint density at radius 2 is 1.86 bits per heavy atom. The number of hydrogen-bond donors (Lipinski definition) is 1. The molecule has 0 aliphatic heterocycles. The van der Waals surface area contributed by atoms with Gasteiger partial charge in [0.05, 0.1) is 11.0 Å². The lowest BCUT2D eigenvalue weighted by atomic mass is 10.1. The molecule has 0 fully saturated rings. The highest BCUT2D eigenvalue weighted by Gasteiger charge is 2.20. The summed E-state index contributed by atoms with van der Waals surface area (Å²) in [6, 6.07) is 5.56. The largest absolute Gasteiger partial charge is 0.375 e. The number of hydrogen-bond acceptors (Lipinski definition) is 4. The summed E-state index contributed by atoms with van der Waals surface area (Å²) in [6.07, 6.45) is -0.284. The first-order valence-electron chi connectivity index (χ1n) is 6.97. The zero-order chi connectivity index (χ0) is 16.3. The van der Waals surface area contributed by atoms with Crippen molar-refractivity contribution in [2.24, 2.45) is 0 Å². The first kappa shape index (κ1) is 17.1. The molecule has 4 nitrogen and oxygen atoms in total. The van der Waals surface area contributed by atoms with Gasteiger partial charge in [0.15, 0.2) is 0 Å². The Hall–Kier alpha value is -1.21. The van der Waals surface area contributed by atoms with Crippen molar-refractivity contribution in [1.82, 2.24) is 4.72 Å². The van der Waals surface area contributed by atoms with Gasteiger partial charge in [-0.1, -0.05) is 6.07 Å². The third-order valence-electron chi connectivity index (χ3n) is 3.74. The van der Waals surface area contributed by atoms with Gasteiger partial charge in [0.2, 0.25) is 10.0 Å². The zero-order valence-electron chi connectivity index (χ0n) is 13.2. The molecule has 2 aromatic rings. The van der Waals surface area contributed by atoms with Gasteiger partial charge in [-0.25, -0.2) is 13.1 Å². The van der Waals surface area contributed by atoms with Crippen LogP contribution >= 0.6 is 11.3 Å². The lowest BCUT2D eigenvalue weighted by molar-refractivity contribution is 0.107. The normalized spacial score (nSPS) is 13.3. The number of aryl methyl sites for hydroxylation is 3. The molecule has 1 N–H and O–H groups in total. The number of nitrogens with one attached hydrogen (secondary N) is 1. The predicted octanol–water partition coefficient (Wildman–Crippen LogP) is 3.34. The van der Waals surface area contributed by atoms with E-state index in [4.69, 9.17) is 4.74 Å². The van der Waals surface area contributed by atoms with Crippen molar-refractivity contribution in [3.8, 4) is 0 Å². The average molecular weight is 339 g/mol. The lowest BCUT2D eigenvalue weighted by Gasteiger charge is -2.16. The molecule has 0 radical (unpaired) electrons. The second-order valence-corrected chi connectivity index (χ2v) is 7.85. The Bertz CT molecular complexity index is 737. The lowest BCUT2D eigenvalue weighted by Crippen LogP contribution is -2.29. The van der Waals surface area contributed by atoms with E-state index < -0.39 is 10.0 Å². The predicted molar refractivity (Wildman–Crippen MR) is 89.9 cm³/mol. The second kappa shape index (κ2) is 6.91. The number of methoxy groups -OCH3 is 1. The summed E-state index contributed by atoms with van der Waals surface area (Å²) >= 11 is 1.56. The number of thiophene rings is 1. The van der Waals surface area contributed by atoms with E-state index in [0.29, 0.717) is 4.90 Å². The van der Waals surface area contributed by atoms with E-state index in [1.165, 1.54) is 0 Å². The van der Waals surface area contributed by atoms with Gasteiger partial charge in [0, 0.05) is 13.7 Å². The SMILES string of the molecule is CO[C@@H](CNS(=O)(=O)c1cc(C)c(C)cc1C)c1ccsc1. The standard InChI is InChI=1S/C16H21NO3S2/c1-11-7-13(3)16(8-12(11)2)22(18,19)17-9-15(20-4)14-5-6-21-10-14/h5-8,10,15,17H,9H2,1-4H3/t15-/m0/s1. The fourth-order valence-electron chi connectivity index (χ4n) is 2.28. The van der Waals surface area contributed by atoms with Crippen LogP contribution in [0.1, 0.15) is 28.4 Å². The summed E-state index contributed by atoms with van der Waals surface area (Å²) in [5, 5.41) is 3.91. The first-order chi connectivity index (χ1) is 10.3. The van der Waals surface area contributed by atoms with E-state index in [1.54, 1.807) is 24.5 Å². The highest BCUT2D eigenvalue weighted by Crippen LogP contribution is 2.22. The van der Waals surface area contributed by atoms with Crippen molar-refractivity contribution >= 4 is 21.4 Å². The number of sulfonamides is 1. The molecule has 0 saturated carbocycles. The van der Waals surface area contributed by atoms with Crippen LogP contribution in [-0.2, 0) is 14.8 Å². The molecule has 0 saturated heterocycles. The van der Waals surface area contributed by atoms with Crippen molar-refractivity contribution in [3.05, 3.63) is 51.2 Å². The topological polar surface area (TPSA) is 55.4 Å². The minimum atomic E-state index is -3.55. The Kier molecular flexibility index (Phi) is 5.39. The molecule has 1 heterocycles. The number of ether oxygens (including phenoxy) is 1. The van der Waals surface area contributed by atoms with E-state index in [9.17, 15) is 8.42 Å². The molecule has 2 rings (SSSR count). The monoisotopic (exact) mass is 339 g/mol. The molecule has 0 unspecified atom stereocenters. The van der Waals surface area contributed by atoms with Crippen LogP contribution in [0.25, 0.3) is 0 Å². The highest BCUT2D eigenvalue weighted by atomic mass is 32.2. The fourth-order valence-corrected chi connectivity index (χ4v) is 4.32. The van der Waals surface area contributed by atoms with Crippen LogP contribution in [0.4, 0.5) is 0 Å². The molecular weight excluding hydrogens is 318 g/mol. The molecule has 22 heavy (non-hydrogen) atoms. The number of rotatable bonds is 6. The highest BCUT2D eigenvalue weighted by molar-refractivity contribution is 7.89. The van der Waals surface area contributed by atoms with Crippen molar-refractivity contribution in [2.45, 2.75) is 31.8 Å². The van der Waals surface area contributed by atoms with E-state index >= 15 is 0 Å². The quantitative estimate of drug-likeness (QED) is 0.878. The van der Waals surface area contributed by atoms with E-state index in [1.807, 2.05) is 43.7 Å². The molecule has 0 aliphatic carbocycles. The molecule has 120 valence electrons. The third-order valence-corrected chi connectivity index (χ3v) is 6.01. The van der Waals surface area contributed by atoms with Crippen LogP contribution in [0.5, 0.6) is 0 Å². The minimum Gasteiger partial charge on any atom is -0.375 e. The van der Waals surface area contributed by atoms with Gasteiger partial charge < -0.3 is 4.74 Å². The van der Waals surface area contributed by atoms with Crippen LogP contribution in [0, 0.1) is 20.8 Å². The molecule has 0 aliphatic rings. The van der Waals surface area contributed by atoms with Gasteiger partial charge >= 0.3 is 0 Å². The second-order valence-electron chi connectivity index (χ2n) is 5.33. The molecule has 6 heteroatoms. The number of benzene rings is 1. The van der Waals surface area contributed by atoms with Gasteiger partial charge in [0.25, 0.3) is 0 Å². The Balaban J connectivity index is 2.19. The fraction of sp³-hybridized carbons (Fsp3) is 0.375. The molecule has 1 aromatic heterocycles. The Morgan fingerprint density at radius 3 is 2.45 bits per heavy atom. The molecule has 1 aromatic carbocycles. The summed E-state index contributed by atoms with van der Waals surface area (Å²) in [7, 11) is -1.97. The van der Waals surface area contributed by atoms with Crippen molar-refractivity contribution in [3.63, 3.8) is 0 Å². The molecule has 0 spiro atoms. The van der Waals surface area contributed by atoms with Crippen LogP contribution in [0.2, 0.25) is 0 Å². The zero-order valence-corrected chi connectivity index (χ0v) is 14.8. The average Bonchev–Trinajstić information content (AvgIpc) is 2.97. The molecule has 0 bridgehead atoms. The van der Waals surface area contributed by atoms with Crippen molar-refractivity contribution < 1.29 is 13.2 Å². The maximum absolute atomic E-state index is 12.5. The first-order valence-corrected chi connectivity index (χ1v) is 9.40. The van der Waals surface area contributed by atoms with Crippen molar-refractivity contribution in [2.75, 3.05) is 13.7 Å². The summed E-state index contributed by atoms with van der Waals surface area (Å²) < 4.78 is 33.1. The summed E-state index contributed by atoms with van der Waals surface area (Å²) in [5.41, 5.74) is 3.78. The van der Waals surface area contributed by atoms with E-state index in [2.05, 4.69) is 4.72 Å². The van der Waals surface area contributed by atoms with Gasteiger partial charge in [0.1, 0.15) is 0 Å². The van der Waals surface area contributed by atoms with Gasteiger partial charge in [-0.15, -0.1) is 0 Å². The maximum Gasteiger partial charge on any atom is 0.240 e. The van der Waals surface area contributed by atoms with Gasteiger partial charge in [-0.3, -0.25) is 0 Å². The summed E-state index contributed by atoms with van der Waals surface area (Å²) in [6.45, 7) is 5.91. The molecule has 1 atom stereocenters. The molecular formula is C16H21NO3S2. The van der Waals surface area contributed by atoms with E-state index in [-0.39, 0.29) is 12.6 Å². The molecule has 0 amide bonds. The van der Waals surface area contributed by atoms with Crippen LogP contribution < -0.4 is 4.72 Å². The van der Waals surface area contributed by atoms with Crippen LogP contribution in [0.3, 0.4) is 0 Å². The minimum absolute atomic E-state index is 0.210. The van der Waals surface area contributed by atoms with E-state index in [0.717, 1.165) is 22.3 Å². The van der Waals surface area contributed by atoms with Crippen LogP contribution in [-0.4, -0.2) is 22.1 Å². The summed E-state index contributed by atoms with van der Waals surface area (Å²) in [5.74, 6) is 0. The Labute approximate surface area is 136 Å². The maximum atomic E-state index is 12.5. The van der Waals surface area contributed by atoms with Gasteiger partial charge in [-0.2, -0.15) is 11.3 Å². The van der Waals surface area contributed by atoms with Gasteiger partial charge in [-0.05, 0) is 65.9 Å².